The van der Waals surface area contributed by atoms with Gasteiger partial charge in [0.1, 0.15) is 5.75 Å². The van der Waals surface area contributed by atoms with Gasteiger partial charge < -0.3 is 9.30 Å². The first-order chi connectivity index (χ1) is 14.7. The molecule has 5 rings (SSSR count). The van der Waals surface area contributed by atoms with Crippen molar-refractivity contribution < 1.29 is 4.74 Å². The summed E-state index contributed by atoms with van der Waals surface area (Å²) in [5.74, 6) is 0.861. The maximum atomic E-state index is 6.25. The summed E-state index contributed by atoms with van der Waals surface area (Å²) >= 11 is 6.25. The fourth-order valence-electron chi connectivity index (χ4n) is 4.12. The van der Waals surface area contributed by atoms with Crippen molar-refractivity contribution in [1.82, 2.24) is 9.55 Å². The van der Waals surface area contributed by atoms with Gasteiger partial charge in [0.15, 0.2) is 0 Å². The molecule has 0 radical (unpaired) electrons. The van der Waals surface area contributed by atoms with Crippen LogP contribution < -0.4 is 4.74 Å². The summed E-state index contributed by atoms with van der Waals surface area (Å²) in [7, 11) is 1.69. The van der Waals surface area contributed by atoms with Gasteiger partial charge in [0.25, 0.3) is 0 Å². The summed E-state index contributed by atoms with van der Waals surface area (Å²) in [5.41, 5.74) is 5.82. The maximum Gasteiger partial charge on any atom is 0.118 e. The molecule has 4 heteroatoms. The SMILES string of the molecule is COc1ccc(Cc2nccc3c4ccccc4n(Cc4cccc(Cl)c4)c23)cc1. The predicted octanol–water partition coefficient (Wildman–Crippen LogP) is 6.49. The Morgan fingerprint density at radius 2 is 1.70 bits per heavy atom. The normalized spacial score (nSPS) is 11.3. The Labute approximate surface area is 180 Å². The Balaban J connectivity index is 1.68. The molecule has 0 atom stereocenters. The molecule has 2 heterocycles. The van der Waals surface area contributed by atoms with Crippen molar-refractivity contribution in [2.24, 2.45) is 0 Å². The van der Waals surface area contributed by atoms with Gasteiger partial charge >= 0.3 is 0 Å². The van der Waals surface area contributed by atoms with Gasteiger partial charge in [-0.2, -0.15) is 0 Å². The first-order valence-electron chi connectivity index (χ1n) is 9.95. The summed E-state index contributed by atoms with van der Waals surface area (Å²) in [4.78, 5) is 4.78. The highest BCUT2D eigenvalue weighted by Gasteiger charge is 2.15. The number of hydrogen-bond acceptors (Lipinski definition) is 2. The molecule has 2 aromatic heterocycles. The topological polar surface area (TPSA) is 27.1 Å². The average Bonchev–Trinajstić information content (AvgIpc) is 3.09. The summed E-state index contributed by atoms with van der Waals surface area (Å²) in [5, 5.41) is 3.23. The number of benzene rings is 3. The molecule has 0 bridgehead atoms. The molecule has 0 fully saturated rings. The van der Waals surface area contributed by atoms with E-state index >= 15 is 0 Å². The molecule has 0 unspecified atom stereocenters. The number of hydrogen-bond donors (Lipinski definition) is 0. The highest BCUT2D eigenvalue weighted by molar-refractivity contribution is 6.30. The fourth-order valence-corrected chi connectivity index (χ4v) is 4.33. The Morgan fingerprint density at radius 1 is 0.867 bits per heavy atom. The van der Waals surface area contributed by atoms with E-state index in [1.165, 1.54) is 32.9 Å². The first-order valence-corrected chi connectivity index (χ1v) is 10.3. The van der Waals surface area contributed by atoms with Crippen molar-refractivity contribution in [2.75, 3.05) is 7.11 Å². The van der Waals surface area contributed by atoms with Crippen molar-refractivity contribution in [3.05, 3.63) is 107 Å². The second kappa shape index (κ2) is 7.85. The third-order valence-corrected chi connectivity index (χ3v) is 5.75. The third kappa shape index (κ3) is 3.42. The molecule has 30 heavy (non-hydrogen) atoms. The zero-order valence-corrected chi connectivity index (χ0v) is 17.4. The number of halogens is 1. The average molecular weight is 413 g/mol. The lowest BCUT2D eigenvalue weighted by atomic mass is 10.1. The molecule has 3 nitrogen and oxygen atoms in total. The highest BCUT2D eigenvalue weighted by Crippen LogP contribution is 2.32. The molecule has 0 N–H and O–H groups in total. The van der Waals surface area contributed by atoms with Crippen LogP contribution in [0.3, 0.4) is 0 Å². The molecule has 148 valence electrons. The molecule has 0 aliphatic rings. The minimum absolute atomic E-state index is 0.742. The third-order valence-electron chi connectivity index (χ3n) is 5.52. The van der Waals surface area contributed by atoms with Crippen LogP contribution in [-0.4, -0.2) is 16.7 Å². The van der Waals surface area contributed by atoms with Crippen LogP contribution >= 0.6 is 11.6 Å². The zero-order chi connectivity index (χ0) is 20.5. The Bertz CT molecular complexity index is 1340. The molecule has 0 aliphatic carbocycles. The van der Waals surface area contributed by atoms with Gasteiger partial charge in [-0.1, -0.05) is 54.1 Å². The van der Waals surface area contributed by atoms with Crippen LogP contribution in [0.1, 0.15) is 16.8 Å². The number of rotatable bonds is 5. The molecule has 0 saturated carbocycles. The van der Waals surface area contributed by atoms with Crippen molar-refractivity contribution in [3.63, 3.8) is 0 Å². The van der Waals surface area contributed by atoms with Crippen molar-refractivity contribution in [3.8, 4) is 5.75 Å². The van der Waals surface area contributed by atoms with Gasteiger partial charge in [-0.15, -0.1) is 0 Å². The minimum Gasteiger partial charge on any atom is -0.497 e. The molecule has 0 saturated heterocycles. The summed E-state index contributed by atoms with van der Waals surface area (Å²) in [6.45, 7) is 0.742. The van der Waals surface area contributed by atoms with Crippen molar-refractivity contribution in [2.45, 2.75) is 13.0 Å². The van der Waals surface area contributed by atoms with Crippen LogP contribution in [0.5, 0.6) is 5.75 Å². The van der Waals surface area contributed by atoms with E-state index < -0.39 is 0 Å². The van der Waals surface area contributed by atoms with Gasteiger partial charge in [0.2, 0.25) is 0 Å². The van der Waals surface area contributed by atoms with E-state index in [-0.39, 0.29) is 0 Å². The Hall–Kier alpha value is -3.30. The van der Waals surface area contributed by atoms with Crippen molar-refractivity contribution in [1.29, 1.82) is 0 Å². The van der Waals surface area contributed by atoms with Gasteiger partial charge in [0, 0.05) is 40.5 Å². The lowest BCUT2D eigenvalue weighted by molar-refractivity contribution is 0.414. The number of fused-ring (bicyclic) bond motifs is 3. The van der Waals surface area contributed by atoms with Gasteiger partial charge in [0.05, 0.1) is 18.3 Å². The van der Waals surface area contributed by atoms with Crippen LogP contribution in [0, 0.1) is 0 Å². The molecular formula is C26H21ClN2O. The van der Waals surface area contributed by atoms with E-state index in [1.54, 1.807) is 7.11 Å². The van der Waals surface area contributed by atoms with Gasteiger partial charge in [-0.05, 0) is 47.5 Å². The lowest BCUT2D eigenvalue weighted by Gasteiger charge is -2.11. The van der Waals surface area contributed by atoms with Crippen LogP contribution in [0.15, 0.2) is 85.1 Å². The lowest BCUT2D eigenvalue weighted by Crippen LogP contribution is -2.03. The molecule has 3 aromatic carbocycles. The van der Waals surface area contributed by atoms with E-state index in [0.29, 0.717) is 0 Å². The number of ether oxygens (including phenoxy) is 1. The van der Waals surface area contributed by atoms with Gasteiger partial charge in [-0.3, -0.25) is 4.98 Å². The van der Waals surface area contributed by atoms with E-state index in [2.05, 4.69) is 53.1 Å². The Kier molecular flexibility index (Phi) is 4.89. The minimum atomic E-state index is 0.742. The number of aromatic nitrogens is 2. The number of para-hydroxylation sites is 1. The second-order valence-electron chi connectivity index (χ2n) is 7.41. The highest BCUT2D eigenvalue weighted by atomic mass is 35.5. The van der Waals surface area contributed by atoms with Crippen LogP contribution in [0.2, 0.25) is 5.02 Å². The maximum absolute atomic E-state index is 6.25. The fraction of sp³-hybridized carbons (Fsp3) is 0.115. The first kappa shape index (κ1) is 18.7. The molecular weight excluding hydrogens is 392 g/mol. The molecule has 0 spiro atoms. The van der Waals surface area contributed by atoms with Crippen LogP contribution in [0.4, 0.5) is 0 Å². The zero-order valence-electron chi connectivity index (χ0n) is 16.7. The van der Waals surface area contributed by atoms with E-state index in [9.17, 15) is 0 Å². The summed E-state index contributed by atoms with van der Waals surface area (Å²) < 4.78 is 7.66. The second-order valence-corrected chi connectivity index (χ2v) is 7.85. The van der Waals surface area contributed by atoms with Crippen molar-refractivity contribution >= 4 is 33.4 Å². The largest absolute Gasteiger partial charge is 0.497 e. The predicted molar refractivity (Wildman–Crippen MR) is 124 cm³/mol. The molecule has 5 aromatic rings. The summed E-state index contributed by atoms with van der Waals surface area (Å²) in [6.07, 6.45) is 2.67. The molecule has 0 aliphatic heterocycles. The Morgan fingerprint density at radius 3 is 2.50 bits per heavy atom. The van der Waals surface area contributed by atoms with E-state index in [1.807, 2.05) is 36.5 Å². The monoisotopic (exact) mass is 412 g/mol. The number of nitrogens with zero attached hydrogens (tertiary/aromatic N) is 2. The number of methoxy groups -OCH3 is 1. The van der Waals surface area contributed by atoms with Crippen LogP contribution in [0.25, 0.3) is 21.8 Å². The van der Waals surface area contributed by atoms with E-state index in [4.69, 9.17) is 21.3 Å². The van der Waals surface area contributed by atoms with Crippen LogP contribution in [-0.2, 0) is 13.0 Å². The smallest absolute Gasteiger partial charge is 0.118 e. The van der Waals surface area contributed by atoms with E-state index in [0.717, 1.165) is 29.4 Å². The molecule has 0 amide bonds. The summed E-state index contributed by atoms with van der Waals surface area (Å²) in [6, 6.07) is 26.9. The number of pyridine rings is 1. The quantitative estimate of drug-likeness (QED) is 0.330. The standard InChI is InChI=1S/C26H21ClN2O/c1-30-21-11-9-18(10-12-21)16-24-26-23(13-14-28-24)22-7-2-3-8-25(22)29(26)17-19-5-4-6-20(27)15-19/h2-15H,16-17H2,1H3. The van der Waals surface area contributed by atoms with Gasteiger partial charge in [-0.25, -0.2) is 0 Å².